The number of rotatable bonds is 2. The highest BCUT2D eigenvalue weighted by Gasteiger charge is 2.30. The van der Waals surface area contributed by atoms with Gasteiger partial charge in [-0.2, -0.15) is 0 Å². The maximum atomic E-state index is 12.3. The molecule has 0 aromatic rings. The fourth-order valence-electron chi connectivity index (χ4n) is 2.76. The summed E-state index contributed by atoms with van der Waals surface area (Å²) >= 11 is 0. The minimum absolute atomic E-state index is 0.0495. The van der Waals surface area contributed by atoms with Gasteiger partial charge < -0.3 is 10.2 Å². The normalized spacial score (nSPS) is 31.6. The number of amides is 1. The van der Waals surface area contributed by atoms with E-state index in [4.69, 9.17) is 0 Å². The fraction of sp³-hybridized carbons (Fsp3) is 0.769. The molecule has 0 aromatic heterocycles. The van der Waals surface area contributed by atoms with Crippen LogP contribution in [-0.4, -0.2) is 36.5 Å². The number of nitrogens with one attached hydrogen (secondary N) is 1. The number of nitrogens with zero attached hydrogens (tertiary/aromatic N) is 1. The van der Waals surface area contributed by atoms with E-state index in [0.29, 0.717) is 11.9 Å². The first-order valence-electron chi connectivity index (χ1n) is 6.45. The highest BCUT2D eigenvalue weighted by molar-refractivity contribution is 5.82. The van der Waals surface area contributed by atoms with Crippen LogP contribution in [0.4, 0.5) is 0 Å². The lowest BCUT2D eigenvalue weighted by Gasteiger charge is -2.33. The van der Waals surface area contributed by atoms with Crippen LogP contribution in [0.2, 0.25) is 0 Å². The zero-order valence-corrected chi connectivity index (χ0v) is 10.1. The monoisotopic (exact) mass is 222 g/mol. The molecule has 3 heteroatoms. The van der Waals surface area contributed by atoms with Crippen LogP contribution in [0.1, 0.15) is 38.5 Å². The molecule has 2 rings (SSSR count). The van der Waals surface area contributed by atoms with Gasteiger partial charge >= 0.3 is 0 Å². The van der Waals surface area contributed by atoms with Crippen LogP contribution in [0.25, 0.3) is 0 Å². The van der Waals surface area contributed by atoms with Gasteiger partial charge in [0.1, 0.15) is 0 Å². The van der Waals surface area contributed by atoms with Gasteiger partial charge in [0, 0.05) is 12.6 Å². The van der Waals surface area contributed by atoms with Crippen LogP contribution in [0.3, 0.4) is 0 Å². The molecule has 1 aliphatic carbocycles. The molecule has 1 amide bonds. The van der Waals surface area contributed by atoms with Crippen LogP contribution in [0.5, 0.6) is 0 Å². The minimum atomic E-state index is 0.0495. The predicted molar refractivity (Wildman–Crippen MR) is 65.2 cm³/mol. The van der Waals surface area contributed by atoms with Crippen LogP contribution in [0, 0.1) is 0 Å². The number of hydrogen-bond acceptors (Lipinski definition) is 2. The first-order valence-corrected chi connectivity index (χ1v) is 6.45. The number of carbonyl (C=O) groups is 1. The lowest BCUT2D eigenvalue weighted by molar-refractivity contribution is -0.135. The van der Waals surface area contributed by atoms with Crippen molar-refractivity contribution >= 4 is 5.91 Å². The van der Waals surface area contributed by atoms with Crippen LogP contribution < -0.4 is 5.32 Å². The molecule has 1 saturated heterocycles. The molecule has 1 N–H and O–H groups in total. The van der Waals surface area contributed by atoms with Gasteiger partial charge in [-0.1, -0.05) is 12.2 Å². The van der Waals surface area contributed by atoms with Gasteiger partial charge in [-0.3, -0.25) is 4.79 Å². The van der Waals surface area contributed by atoms with E-state index >= 15 is 0 Å². The molecule has 1 heterocycles. The van der Waals surface area contributed by atoms with E-state index in [1.807, 2.05) is 7.05 Å². The second kappa shape index (κ2) is 5.48. The van der Waals surface area contributed by atoms with Crippen molar-refractivity contribution in [2.45, 2.75) is 50.6 Å². The first kappa shape index (κ1) is 11.6. The molecule has 90 valence electrons. The van der Waals surface area contributed by atoms with Gasteiger partial charge in [-0.25, -0.2) is 0 Å². The largest absolute Gasteiger partial charge is 0.338 e. The van der Waals surface area contributed by atoms with E-state index in [2.05, 4.69) is 22.4 Å². The SMILES string of the molecule is CNC1CCCCN(C2CC=CCC2)C1=O. The zero-order valence-electron chi connectivity index (χ0n) is 10.1. The Hall–Kier alpha value is -0.830. The van der Waals surface area contributed by atoms with Crippen molar-refractivity contribution in [3.05, 3.63) is 12.2 Å². The molecule has 2 aliphatic rings. The Balaban J connectivity index is 2.05. The summed E-state index contributed by atoms with van der Waals surface area (Å²) in [6.07, 6.45) is 11.1. The Morgan fingerprint density at radius 2 is 2.19 bits per heavy atom. The Morgan fingerprint density at radius 1 is 1.31 bits per heavy atom. The van der Waals surface area contributed by atoms with Gasteiger partial charge in [0.05, 0.1) is 6.04 Å². The molecule has 0 saturated carbocycles. The van der Waals surface area contributed by atoms with Crippen LogP contribution in [0.15, 0.2) is 12.2 Å². The summed E-state index contributed by atoms with van der Waals surface area (Å²) in [5.41, 5.74) is 0. The zero-order chi connectivity index (χ0) is 11.4. The molecule has 16 heavy (non-hydrogen) atoms. The van der Waals surface area contributed by atoms with E-state index in [1.54, 1.807) is 0 Å². The molecule has 1 aliphatic heterocycles. The van der Waals surface area contributed by atoms with Crippen molar-refractivity contribution in [3.63, 3.8) is 0 Å². The molecule has 3 nitrogen and oxygen atoms in total. The van der Waals surface area contributed by atoms with E-state index in [9.17, 15) is 4.79 Å². The molecule has 0 spiro atoms. The number of likely N-dealkylation sites (N-methyl/N-ethyl adjacent to an activating group) is 1. The summed E-state index contributed by atoms with van der Waals surface area (Å²) < 4.78 is 0. The summed E-state index contributed by atoms with van der Waals surface area (Å²) in [7, 11) is 1.90. The maximum absolute atomic E-state index is 12.3. The second-order valence-electron chi connectivity index (χ2n) is 4.81. The maximum Gasteiger partial charge on any atom is 0.239 e. The predicted octanol–water partition coefficient (Wildman–Crippen LogP) is 1.70. The minimum Gasteiger partial charge on any atom is -0.338 e. The fourth-order valence-corrected chi connectivity index (χ4v) is 2.76. The molecule has 1 fully saturated rings. The second-order valence-corrected chi connectivity index (χ2v) is 4.81. The third-order valence-corrected chi connectivity index (χ3v) is 3.75. The van der Waals surface area contributed by atoms with Gasteiger partial charge in [0.15, 0.2) is 0 Å². The van der Waals surface area contributed by atoms with Crippen molar-refractivity contribution < 1.29 is 4.79 Å². The average molecular weight is 222 g/mol. The Labute approximate surface area is 97.9 Å². The summed E-state index contributed by atoms with van der Waals surface area (Å²) in [6, 6.07) is 0.500. The smallest absolute Gasteiger partial charge is 0.239 e. The molecule has 0 aromatic carbocycles. The van der Waals surface area contributed by atoms with Crippen molar-refractivity contribution in [3.8, 4) is 0 Å². The summed E-state index contributed by atoms with van der Waals surface area (Å²) in [4.78, 5) is 14.4. The molecular weight excluding hydrogens is 200 g/mol. The van der Waals surface area contributed by atoms with Crippen molar-refractivity contribution in [1.29, 1.82) is 0 Å². The first-order chi connectivity index (χ1) is 7.83. The molecule has 2 atom stereocenters. The third kappa shape index (κ3) is 2.46. The lowest BCUT2D eigenvalue weighted by Crippen LogP contribution is -2.48. The Morgan fingerprint density at radius 3 is 2.88 bits per heavy atom. The summed E-state index contributed by atoms with van der Waals surface area (Å²) in [5, 5.41) is 3.15. The standard InChI is InChI=1S/C13H22N2O/c1-14-12-9-5-6-10-15(13(12)16)11-7-3-2-4-8-11/h2-3,11-12,14H,4-10H2,1H3. The van der Waals surface area contributed by atoms with Crippen molar-refractivity contribution in [2.24, 2.45) is 0 Å². The van der Waals surface area contributed by atoms with Gasteiger partial charge in [0.25, 0.3) is 0 Å². The van der Waals surface area contributed by atoms with Crippen molar-refractivity contribution in [2.75, 3.05) is 13.6 Å². The van der Waals surface area contributed by atoms with E-state index in [-0.39, 0.29) is 6.04 Å². The average Bonchev–Trinajstić information content (AvgIpc) is 2.52. The molecular formula is C13H22N2O. The van der Waals surface area contributed by atoms with E-state index in [1.165, 1.54) is 0 Å². The third-order valence-electron chi connectivity index (χ3n) is 3.75. The Kier molecular flexibility index (Phi) is 3.99. The highest BCUT2D eigenvalue weighted by Crippen LogP contribution is 2.22. The highest BCUT2D eigenvalue weighted by atomic mass is 16.2. The number of allylic oxidation sites excluding steroid dienone is 1. The topological polar surface area (TPSA) is 32.3 Å². The van der Waals surface area contributed by atoms with E-state index in [0.717, 1.165) is 45.1 Å². The number of carbonyl (C=O) groups excluding carboxylic acids is 1. The Bertz CT molecular complexity index is 275. The molecule has 0 radical (unpaired) electrons. The number of likely N-dealkylation sites (tertiary alicyclic amines) is 1. The van der Waals surface area contributed by atoms with Crippen LogP contribution in [-0.2, 0) is 4.79 Å². The summed E-state index contributed by atoms with van der Waals surface area (Å²) in [5.74, 6) is 0.320. The quantitative estimate of drug-likeness (QED) is 0.721. The summed E-state index contributed by atoms with van der Waals surface area (Å²) in [6.45, 7) is 0.954. The van der Waals surface area contributed by atoms with E-state index < -0.39 is 0 Å². The lowest BCUT2D eigenvalue weighted by atomic mass is 9.99. The number of hydrogen-bond donors (Lipinski definition) is 1. The molecule has 2 unspecified atom stereocenters. The molecule has 0 bridgehead atoms. The van der Waals surface area contributed by atoms with Gasteiger partial charge in [-0.15, -0.1) is 0 Å². The van der Waals surface area contributed by atoms with Crippen molar-refractivity contribution in [1.82, 2.24) is 10.2 Å². The van der Waals surface area contributed by atoms with Gasteiger partial charge in [0.2, 0.25) is 5.91 Å². The van der Waals surface area contributed by atoms with Gasteiger partial charge in [-0.05, 0) is 45.6 Å². The van der Waals surface area contributed by atoms with Crippen LogP contribution >= 0.6 is 0 Å².